The van der Waals surface area contributed by atoms with Crippen LogP contribution in [0.4, 0.5) is 0 Å². The summed E-state index contributed by atoms with van der Waals surface area (Å²) in [4.78, 5) is 0. The van der Waals surface area contributed by atoms with E-state index in [9.17, 15) is 0 Å². The molecule has 1 aliphatic carbocycles. The van der Waals surface area contributed by atoms with Crippen LogP contribution >= 0.6 is 0 Å². The van der Waals surface area contributed by atoms with E-state index in [1.54, 1.807) is 7.11 Å². The van der Waals surface area contributed by atoms with Crippen LogP contribution < -0.4 is 5.73 Å². The third kappa shape index (κ3) is 3.56. The van der Waals surface area contributed by atoms with Gasteiger partial charge in [0.2, 0.25) is 0 Å². The molecule has 1 aliphatic rings. The molecule has 3 nitrogen and oxygen atoms in total. The van der Waals surface area contributed by atoms with Crippen molar-refractivity contribution < 1.29 is 9.47 Å². The van der Waals surface area contributed by atoms with E-state index in [0.29, 0.717) is 18.6 Å². The zero-order valence-corrected chi connectivity index (χ0v) is 9.26. The summed E-state index contributed by atoms with van der Waals surface area (Å²) in [5, 5.41) is 0. The van der Waals surface area contributed by atoms with Gasteiger partial charge in [0.05, 0.1) is 13.2 Å². The van der Waals surface area contributed by atoms with Crippen molar-refractivity contribution in [2.45, 2.75) is 32.1 Å². The fourth-order valence-corrected chi connectivity index (χ4v) is 2.21. The number of nitrogens with two attached hydrogens (primary N) is 1. The highest BCUT2D eigenvalue weighted by Crippen LogP contribution is 2.39. The van der Waals surface area contributed by atoms with Crippen molar-refractivity contribution in [2.75, 3.05) is 33.5 Å². The number of hydrogen-bond acceptors (Lipinski definition) is 3. The molecule has 14 heavy (non-hydrogen) atoms. The summed E-state index contributed by atoms with van der Waals surface area (Å²) in [7, 11) is 1.70. The maximum absolute atomic E-state index is 5.83. The Morgan fingerprint density at radius 3 is 2.43 bits per heavy atom. The minimum Gasteiger partial charge on any atom is -0.382 e. The van der Waals surface area contributed by atoms with Gasteiger partial charge in [-0.25, -0.2) is 0 Å². The van der Waals surface area contributed by atoms with E-state index in [0.717, 1.165) is 19.6 Å². The molecule has 0 radical (unpaired) electrons. The molecular formula is C11H23NO2. The minimum atomic E-state index is 0.396. The van der Waals surface area contributed by atoms with Gasteiger partial charge in [-0.05, 0) is 31.2 Å². The molecule has 0 saturated heterocycles. The van der Waals surface area contributed by atoms with Crippen molar-refractivity contribution >= 4 is 0 Å². The Bertz CT molecular complexity index is 144. The van der Waals surface area contributed by atoms with Crippen molar-refractivity contribution in [2.24, 2.45) is 11.1 Å². The van der Waals surface area contributed by atoms with Crippen molar-refractivity contribution in [1.29, 1.82) is 0 Å². The number of ether oxygens (including phenoxy) is 2. The van der Waals surface area contributed by atoms with Gasteiger partial charge in [-0.2, -0.15) is 0 Å². The van der Waals surface area contributed by atoms with Crippen LogP contribution in [-0.2, 0) is 9.47 Å². The van der Waals surface area contributed by atoms with Crippen LogP contribution in [0.2, 0.25) is 0 Å². The SMILES string of the molecule is COCCOCCC1(CN)CCCC1. The summed E-state index contributed by atoms with van der Waals surface area (Å²) in [5.41, 5.74) is 6.23. The van der Waals surface area contributed by atoms with Gasteiger partial charge in [0.25, 0.3) is 0 Å². The third-order valence-corrected chi connectivity index (χ3v) is 3.31. The summed E-state index contributed by atoms with van der Waals surface area (Å²) in [6.45, 7) is 3.05. The van der Waals surface area contributed by atoms with E-state index in [-0.39, 0.29) is 0 Å². The molecule has 1 saturated carbocycles. The van der Waals surface area contributed by atoms with Gasteiger partial charge >= 0.3 is 0 Å². The minimum absolute atomic E-state index is 0.396. The van der Waals surface area contributed by atoms with Gasteiger partial charge in [-0.1, -0.05) is 12.8 Å². The lowest BCUT2D eigenvalue weighted by molar-refractivity contribution is 0.0528. The normalized spacial score (nSPS) is 20.1. The van der Waals surface area contributed by atoms with Crippen LogP contribution in [0, 0.1) is 5.41 Å². The second kappa shape index (κ2) is 6.38. The molecule has 0 aromatic carbocycles. The average Bonchev–Trinajstić information content (AvgIpc) is 2.67. The average molecular weight is 201 g/mol. The fraction of sp³-hybridized carbons (Fsp3) is 1.00. The van der Waals surface area contributed by atoms with Crippen LogP contribution in [0.3, 0.4) is 0 Å². The van der Waals surface area contributed by atoms with Crippen LogP contribution in [0.5, 0.6) is 0 Å². The lowest BCUT2D eigenvalue weighted by Crippen LogP contribution is -2.29. The second-order valence-corrected chi connectivity index (χ2v) is 4.27. The molecule has 0 heterocycles. The molecule has 1 rings (SSSR count). The lowest BCUT2D eigenvalue weighted by Gasteiger charge is -2.26. The highest BCUT2D eigenvalue weighted by atomic mass is 16.5. The van der Waals surface area contributed by atoms with Gasteiger partial charge in [-0.3, -0.25) is 0 Å². The van der Waals surface area contributed by atoms with Gasteiger partial charge in [0.1, 0.15) is 0 Å². The smallest absolute Gasteiger partial charge is 0.0700 e. The predicted molar refractivity (Wildman–Crippen MR) is 57.3 cm³/mol. The predicted octanol–water partition coefficient (Wildman–Crippen LogP) is 1.56. The topological polar surface area (TPSA) is 44.5 Å². The van der Waals surface area contributed by atoms with E-state index in [4.69, 9.17) is 15.2 Å². The standard InChI is InChI=1S/C11H23NO2/c1-13-8-9-14-7-6-11(10-12)4-2-3-5-11/h2-10,12H2,1H3. The van der Waals surface area contributed by atoms with Crippen molar-refractivity contribution in [3.63, 3.8) is 0 Å². The Morgan fingerprint density at radius 1 is 1.14 bits per heavy atom. The highest BCUT2D eigenvalue weighted by molar-refractivity contribution is 4.85. The van der Waals surface area contributed by atoms with Crippen molar-refractivity contribution in [1.82, 2.24) is 0 Å². The zero-order chi connectivity index (χ0) is 10.3. The molecule has 0 atom stereocenters. The summed E-state index contributed by atoms with van der Waals surface area (Å²) in [6.07, 6.45) is 6.38. The summed E-state index contributed by atoms with van der Waals surface area (Å²) < 4.78 is 10.4. The molecule has 0 spiro atoms. The van der Waals surface area contributed by atoms with E-state index in [1.165, 1.54) is 25.7 Å². The molecule has 0 aromatic heterocycles. The zero-order valence-electron chi connectivity index (χ0n) is 9.26. The fourth-order valence-electron chi connectivity index (χ4n) is 2.21. The van der Waals surface area contributed by atoms with E-state index >= 15 is 0 Å². The molecule has 0 aromatic rings. The molecule has 0 amide bonds. The second-order valence-electron chi connectivity index (χ2n) is 4.27. The molecule has 0 aliphatic heterocycles. The van der Waals surface area contributed by atoms with Crippen molar-refractivity contribution in [3.8, 4) is 0 Å². The van der Waals surface area contributed by atoms with Gasteiger partial charge in [0.15, 0.2) is 0 Å². The first-order chi connectivity index (χ1) is 6.83. The number of hydrogen-bond donors (Lipinski definition) is 1. The quantitative estimate of drug-likeness (QED) is 0.636. The Kier molecular flexibility index (Phi) is 5.45. The van der Waals surface area contributed by atoms with Gasteiger partial charge in [-0.15, -0.1) is 0 Å². The molecule has 0 bridgehead atoms. The molecule has 2 N–H and O–H groups in total. The van der Waals surface area contributed by atoms with E-state index in [2.05, 4.69) is 0 Å². The first-order valence-corrected chi connectivity index (χ1v) is 5.60. The molecular weight excluding hydrogens is 178 g/mol. The monoisotopic (exact) mass is 201 g/mol. The Balaban J connectivity index is 2.08. The van der Waals surface area contributed by atoms with Crippen LogP contribution in [0.1, 0.15) is 32.1 Å². The number of rotatable bonds is 7. The Labute approximate surface area is 86.9 Å². The largest absolute Gasteiger partial charge is 0.382 e. The first-order valence-electron chi connectivity index (χ1n) is 5.60. The molecule has 3 heteroatoms. The van der Waals surface area contributed by atoms with Crippen LogP contribution in [0.15, 0.2) is 0 Å². The molecule has 84 valence electrons. The highest BCUT2D eigenvalue weighted by Gasteiger charge is 2.31. The van der Waals surface area contributed by atoms with E-state index in [1.807, 2.05) is 0 Å². The van der Waals surface area contributed by atoms with Gasteiger partial charge in [0, 0.05) is 13.7 Å². The summed E-state index contributed by atoms with van der Waals surface area (Å²) >= 11 is 0. The maximum atomic E-state index is 5.83. The third-order valence-electron chi connectivity index (χ3n) is 3.31. The molecule has 1 fully saturated rings. The summed E-state index contributed by atoms with van der Waals surface area (Å²) in [5.74, 6) is 0. The lowest BCUT2D eigenvalue weighted by atomic mass is 9.83. The Morgan fingerprint density at radius 2 is 1.86 bits per heavy atom. The van der Waals surface area contributed by atoms with E-state index < -0.39 is 0 Å². The van der Waals surface area contributed by atoms with Crippen molar-refractivity contribution in [3.05, 3.63) is 0 Å². The maximum Gasteiger partial charge on any atom is 0.0700 e. The number of methoxy groups -OCH3 is 1. The van der Waals surface area contributed by atoms with Crippen LogP contribution in [-0.4, -0.2) is 33.5 Å². The van der Waals surface area contributed by atoms with Crippen LogP contribution in [0.25, 0.3) is 0 Å². The van der Waals surface area contributed by atoms with Gasteiger partial charge < -0.3 is 15.2 Å². The first kappa shape index (κ1) is 12.0. The summed E-state index contributed by atoms with van der Waals surface area (Å²) in [6, 6.07) is 0. The molecule has 0 unspecified atom stereocenters. The Hall–Kier alpha value is -0.120.